The number of nitrogens with one attached hydrogen (secondary N) is 1. The SMILES string of the molecule is Cl.O=C(CCC1CCNC1)N(Cc1cc(F)ccc1F)C1CCCC1. The van der Waals surface area contributed by atoms with Crippen LogP contribution in [-0.2, 0) is 11.3 Å². The average molecular weight is 373 g/mol. The van der Waals surface area contributed by atoms with Gasteiger partial charge < -0.3 is 10.2 Å². The van der Waals surface area contributed by atoms with E-state index in [-0.39, 0.29) is 36.5 Å². The van der Waals surface area contributed by atoms with Crippen molar-refractivity contribution < 1.29 is 13.6 Å². The van der Waals surface area contributed by atoms with Gasteiger partial charge in [-0.05, 0) is 62.9 Å². The van der Waals surface area contributed by atoms with Gasteiger partial charge >= 0.3 is 0 Å². The van der Waals surface area contributed by atoms with E-state index in [1.807, 2.05) is 0 Å². The molecule has 140 valence electrons. The Morgan fingerprint density at radius 2 is 1.96 bits per heavy atom. The first-order valence-electron chi connectivity index (χ1n) is 9.07. The Kier molecular flexibility index (Phi) is 7.63. The first-order chi connectivity index (χ1) is 11.6. The highest BCUT2D eigenvalue weighted by Crippen LogP contribution is 2.27. The predicted octanol–water partition coefficient (Wildman–Crippen LogP) is 4.05. The number of nitrogens with zero attached hydrogens (tertiary/aromatic N) is 1. The molecule has 3 rings (SSSR count). The summed E-state index contributed by atoms with van der Waals surface area (Å²) < 4.78 is 27.5. The summed E-state index contributed by atoms with van der Waals surface area (Å²) in [4.78, 5) is 14.6. The molecule has 3 nitrogen and oxygen atoms in total. The highest BCUT2D eigenvalue weighted by molar-refractivity contribution is 5.85. The van der Waals surface area contributed by atoms with E-state index in [9.17, 15) is 13.6 Å². The van der Waals surface area contributed by atoms with E-state index >= 15 is 0 Å². The third-order valence-corrected chi connectivity index (χ3v) is 5.36. The molecule has 1 amide bonds. The lowest BCUT2D eigenvalue weighted by atomic mass is 10.0. The molecule has 0 radical (unpaired) electrons. The number of carbonyl (C=O) groups excluding carboxylic acids is 1. The Bertz CT molecular complexity index is 573. The molecule has 0 aromatic heterocycles. The molecule has 1 saturated heterocycles. The summed E-state index contributed by atoms with van der Waals surface area (Å²) in [7, 11) is 0. The number of hydrogen-bond donors (Lipinski definition) is 1. The van der Waals surface area contributed by atoms with E-state index in [0.717, 1.165) is 63.7 Å². The van der Waals surface area contributed by atoms with E-state index in [4.69, 9.17) is 0 Å². The summed E-state index contributed by atoms with van der Waals surface area (Å²) in [5.74, 6) is -0.253. The standard InChI is InChI=1S/C19H26F2N2O.ClH/c20-16-6-7-18(21)15(11-16)13-23(17-3-1-2-4-17)19(24)8-5-14-9-10-22-12-14;/h6-7,11,14,17,22H,1-5,8-10,12-13H2;1H. The van der Waals surface area contributed by atoms with Crippen LogP contribution in [0.25, 0.3) is 0 Å². The largest absolute Gasteiger partial charge is 0.335 e. The Morgan fingerprint density at radius 3 is 2.64 bits per heavy atom. The van der Waals surface area contributed by atoms with Crippen molar-refractivity contribution in [2.75, 3.05) is 13.1 Å². The minimum atomic E-state index is -0.456. The van der Waals surface area contributed by atoms with Crippen molar-refractivity contribution >= 4 is 18.3 Å². The Labute approximate surface area is 154 Å². The average Bonchev–Trinajstić information content (AvgIpc) is 3.26. The van der Waals surface area contributed by atoms with Crippen LogP contribution in [0.2, 0.25) is 0 Å². The quantitative estimate of drug-likeness (QED) is 0.817. The van der Waals surface area contributed by atoms with Crippen LogP contribution >= 0.6 is 12.4 Å². The number of halogens is 3. The van der Waals surface area contributed by atoms with Crippen LogP contribution in [0.15, 0.2) is 18.2 Å². The van der Waals surface area contributed by atoms with Crippen LogP contribution < -0.4 is 5.32 Å². The van der Waals surface area contributed by atoms with Crippen molar-refractivity contribution in [3.63, 3.8) is 0 Å². The molecule has 25 heavy (non-hydrogen) atoms. The van der Waals surface area contributed by atoms with Crippen molar-refractivity contribution in [2.24, 2.45) is 5.92 Å². The van der Waals surface area contributed by atoms with Gasteiger partial charge in [-0.15, -0.1) is 12.4 Å². The van der Waals surface area contributed by atoms with Crippen molar-refractivity contribution in [3.8, 4) is 0 Å². The van der Waals surface area contributed by atoms with Crippen molar-refractivity contribution in [3.05, 3.63) is 35.4 Å². The molecular formula is C19H27ClF2N2O. The van der Waals surface area contributed by atoms with Gasteiger partial charge in [0, 0.05) is 24.6 Å². The van der Waals surface area contributed by atoms with Gasteiger partial charge in [0.15, 0.2) is 0 Å². The third-order valence-electron chi connectivity index (χ3n) is 5.36. The number of amides is 1. The molecule has 1 atom stereocenters. The third kappa shape index (κ3) is 5.38. The highest BCUT2D eigenvalue weighted by atomic mass is 35.5. The summed E-state index contributed by atoms with van der Waals surface area (Å²) in [5, 5.41) is 3.32. The Balaban J connectivity index is 0.00000225. The van der Waals surface area contributed by atoms with Crippen LogP contribution in [0.1, 0.15) is 50.5 Å². The maximum atomic E-state index is 14.0. The summed E-state index contributed by atoms with van der Waals surface area (Å²) in [6.07, 6.45) is 6.64. The molecule has 1 aromatic rings. The maximum Gasteiger partial charge on any atom is 0.223 e. The molecule has 0 spiro atoms. The second kappa shape index (κ2) is 9.48. The zero-order valence-corrected chi connectivity index (χ0v) is 15.3. The minimum Gasteiger partial charge on any atom is -0.335 e. The lowest BCUT2D eigenvalue weighted by Crippen LogP contribution is -2.38. The van der Waals surface area contributed by atoms with E-state index in [0.29, 0.717) is 12.3 Å². The fraction of sp³-hybridized carbons (Fsp3) is 0.632. The molecule has 1 aliphatic heterocycles. The number of benzene rings is 1. The number of carbonyl (C=O) groups is 1. The molecule has 2 fully saturated rings. The molecule has 1 aliphatic carbocycles. The van der Waals surface area contributed by atoms with Crippen LogP contribution in [0.4, 0.5) is 8.78 Å². The summed E-state index contributed by atoms with van der Waals surface area (Å²) in [6.45, 7) is 2.19. The van der Waals surface area contributed by atoms with Crippen LogP contribution in [-0.4, -0.2) is 29.9 Å². The van der Waals surface area contributed by atoms with Gasteiger partial charge in [0.25, 0.3) is 0 Å². The maximum absolute atomic E-state index is 14.0. The first-order valence-corrected chi connectivity index (χ1v) is 9.07. The van der Waals surface area contributed by atoms with Gasteiger partial charge in [-0.25, -0.2) is 8.78 Å². The molecule has 1 unspecified atom stereocenters. The molecule has 1 N–H and O–H groups in total. The van der Waals surface area contributed by atoms with E-state index < -0.39 is 11.6 Å². The van der Waals surface area contributed by atoms with Crippen molar-refractivity contribution in [1.82, 2.24) is 10.2 Å². The zero-order chi connectivity index (χ0) is 16.9. The number of rotatable bonds is 6. The van der Waals surface area contributed by atoms with Gasteiger partial charge in [0.05, 0.1) is 0 Å². The fourth-order valence-electron chi connectivity index (χ4n) is 3.92. The van der Waals surface area contributed by atoms with Gasteiger partial charge in [-0.2, -0.15) is 0 Å². The molecule has 2 aliphatic rings. The second-order valence-electron chi connectivity index (χ2n) is 7.09. The van der Waals surface area contributed by atoms with E-state index in [1.165, 1.54) is 6.07 Å². The van der Waals surface area contributed by atoms with E-state index in [2.05, 4.69) is 5.32 Å². The normalized spacial score (nSPS) is 20.5. The fourth-order valence-corrected chi connectivity index (χ4v) is 3.92. The first kappa shape index (κ1) is 20.1. The van der Waals surface area contributed by atoms with Gasteiger partial charge in [0.1, 0.15) is 11.6 Å². The van der Waals surface area contributed by atoms with Crippen LogP contribution in [0.3, 0.4) is 0 Å². The topological polar surface area (TPSA) is 32.3 Å². The Morgan fingerprint density at radius 1 is 1.20 bits per heavy atom. The van der Waals surface area contributed by atoms with Gasteiger partial charge in [0.2, 0.25) is 5.91 Å². The van der Waals surface area contributed by atoms with Crippen LogP contribution in [0.5, 0.6) is 0 Å². The lowest BCUT2D eigenvalue weighted by molar-refractivity contribution is -0.134. The molecule has 6 heteroatoms. The summed E-state index contributed by atoms with van der Waals surface area (Å²) in [6, 6.07) is 3.65. The van der Waals surface area contributed by atoms with Gasteiger partial charge in [-0.3, -0.25) is 4.79 Å². The summed E-state index contributed by atoms with van der Waals surface area (Å²) in [5.41, 5.74) is 0.276. The molecular weight excluding hydrogens is 346 g/mol. The van der Waals surface area contributed by atoms with Crippen molar-refractivity contribution in [2.45, 2.75) is 57.5 Å². The summed E-state index contributed by atoms with van der Waals surface area (Å²) >= 11 is 0. The zero-order valence-electron chi connectivity index (χ0n) is 14.5. The predicted molar refractivity (Wildman–Crippen MR) is 96.6 cm³/mol. The van der Waals surface area contributed by atoms with Crippen LogP contribution in [0, 0.1) is 17.6 Å². The molecule has 0 bridgehead atoms. The smallest absolute Gasteiger partial charge is 0.223 e. The van der Waals surface area contributed by atoms with Crippen molar-refractivity contribution in [1.29, 1.82) is 0 Å². The lowest BCUT2D eigenvalue weighted by Gasteiger charge is -2.30. The molecule has 1 heterocycles. The highest BCUT2D eigenvalue weighted by Gasteiger charge is 2.28. The molecule has 1 saturated carbocycles. The monoisotopic (exact) mass is 372 g/mol. The number of hydrogen-bond acceptors (Lipinski definition) is 2. The Hall–Kier alpha value is -1.20. The van der Waals surface area contributed by atoms with Gasteiger partial charge in [-0.1, -0.05) is 12.8 Å². The second-order valence-corrected chi connectivity index (χ2v) is 7.09. The van der Waals surface area contributed by atoms with E-state index in [1.54, 1.807) is 4.90 Å². The molecule has 1 aromatic carbocycles. The minimum absolute atomic E-state index is 0.